The van der Waals surface area contributed by atoms with Crippen LogP contribution in [0.15, 0.2) is 12.1 Å². The van der Waals surface area contributed by atoms with Crippen molar-refractivity contribution < 1.29 is 4.74 Å². The topological polar surface area (TPSA) is 48.1 Å². The Hall–Kier alpha value is -1.09. The van der Waals surface area contributed by atoms with Gasteiger partial charge in [-0.1, -0.05) is 6.42 Å². The number of nitrogens with two attached hydrogens (primary N) is 1. The van der Waals surface area contributed by atoms with Crippen molar-refractivity contribution in [1.29, 1.82) is 0 Å². The van der Waals surface area contributed by atoms with Crippen molar-refractivity contribution in [3.05, 3.63) is 23.5 Å². The van der Waals surface area contributed by atoms with E-state index >= 15 is 0 Å². The van der Waals surface area contributed by atoms with Crippen LogP contribution >= 0.6 is 0 Å². The van der Waals surface area contributed by atoms with Crippen molar-refractivity contribution in [3.63, 3.8) is 0 Å². The predicted octanol–water partition coefficient (Wildman–Crippen LogP) is 2.03. The Bertz CT molecular complexity index is 334. The maximum atomic E-state index is 5.74. The molecule has 0 atom stereocenters. The predicted molar refractivity (Wildman–Crippen MR) is 59.7 cm³/mol. The van der Waals surface area contributed by atoms with Gasteiger partial charge < -0.3 is 10.5 Å². The first-order valence-corrected chi connectivity index (χ1v) is 5.59. The zero-order valence-corrected chi connectivity index (χ0v) is 9.20. The quantitative estimate of drug-likeness (QED) is 0.820. The Morgan fingerprint density at radius 2 is 2.27 bits per heavy atom. The summed E-state index contributed by atoms with van der Waals surface area (Å²) in [7, 11) is 0. The van der Waals surface area contributed by atoms with Crippen molar-refractivity contribution >= 4 is 0 Å². The molecule has 1 aromatic heterocycles. The summed E-state index contributed by atoms with van der Waals surface area (Å²) in [5.74, 6) is 1.60. The van der Waals surface area contributed by atoms with Gasteiger partial charge in [-0.2, -0.15) is 0 Å². The Morgan fingerprint density at radius 3 is 2.87 bits per heavy atom. The molecule has 1 aromatic rings. The highest BCUT2D eigenvalue weighted by Gasteiger charge is 2.18. The van der Waals surface area contributed by atoms with Crippen LogP contribution in [0.4, 0.5) is 0 Å². The largest absolute Gasteiger partial charge is 0.491 e. The molecular weight excluding hydrogens is 188 g/mol. The van der Waals surface area contributed by atoms with Gasteiger partial charge in [-0.05, 0) is 37.8 Å². The van der Waals surface area contributed by atoms with E-state index in [1.165, 1.54) is 19.3 Å². The van der Waals surface area contributed by atoms with Gasteiger partial charge in [-0.25, -0.2) is 0 Å². The monoisotopic (exact) mass is 206 g/mol. The van der Waals surface area contributed by atoms with Gasteiger partial charge in [0.25, 0.3) is 0 Å². The normalized spacial score (nSPS) is 16.1. The molecule has 0 radical (unpaired) electrons. The minimum absolute atomic E-state index is 0.446. The summed E-state index contributed by atoms with van der Waals surface area (Å²) in [5, 5.41) is 0. The number of hydrogen-bond acceptors (Lipinski definition) is 3. The van der Waals surface area contributed by atoms with E-state index in [9.17, 15) is 0 Å². The van der Waals surface area contributed by atoms with Gasteiger partial charge in [-0.3, -0.25) is 4.98 Å². The Labute approximate surface area is 90.7 Å². The van der Waals surface area contributed by atoms with Crippen LogP contribution in [0.1, 0.15) is 30.7 Å². The van der Waals surface area contributed by atoms with Crippen LogP contribution in [0.2, 0.25) is 0 Å². The van der Waals surface area contributed by atoms with E-state index in [0.717, 1.165) is 29.7 Å². The van der Waals surface area contributed by atoms with Crippen LogP contribution in [-0.4, -0.2) is 11.6 Å². The van der Waals surface area contributed by atoms with E-state index in [2.05, 4.69) is 4.98 Å². The fourth-order valence-corrected chi connectivity index (χ4v) is 1.74. The molecule has 0 aliphatic heterocycles. The van der Waals surface area contributed by atoms with Crippen LogP contribution in [0.5, 0.6) is 5.75 Å². The lowest BCUT2D eigenvalue weighted by atomic mass is 9.86. The van der Waals surface area contributed by atoms with E-state index in [0.29, 0.717) is 6.54 Å². The van der Waals surface area contributed by atoms with E-state index in [-0.39, 0.29) is 0 Å². The molecule has 0 bridgehead atoms. The molecule has 82 valence electrons. The molecule has 0 spiro atoms. The van der Waals surface area contributed by atoms with Gasteiger partial charge in [0.1, 0.15) is 5.75 Å². The molecule has 1 saturated carbocycles. The first-order chi connectivity index (χ1) is 7.29. The molecular formula is C12H18N2O. The van der Waals surface area contributed by atoms with Crippen LogP contribution in [0.3, 0.4) is 0 Å². The lowest BCUT2D eigenvalue weighted by Gasteiger charge is -2.25. The van der Waals surface area contributed by atoms with Gasteiger partial charge in [0.15, 0.2) is 0 Å². The van der Waals surface area contributed by atoms with Gasteiger partial charge >= 0.3 is 0 Å². The number of rotatable bonds is 4. The molecule has 0 saturated heterocycles. The van der Waals surface area contributed by atoms with Crippen LogP contribution < -0.4 is 10.5 Å². The SMILES string of the molecule is Cc1ccc(OCC2CCC2)c(CN)n1. The maximum absolute atomic E-state index is 5.74. The van der Waals surface area contributed by atoms with Gasteiger partial charge in [0.2, 0.25) is 0 Å². The minimum atomic E-state index is 0.446. The summed E-state index contributed by atoms with van der Waals surface area (Å²) >= 11 is 0. The van der Waals surface area contributed by atoms with Crippen LogP contribution in [0.25, 0.3) is 0 Å². The smallest absolute Gasteiger partial charge is 0.142 e. The zero-order chi connectivity index (χ0) is 10.7. The first kappa shape index (κ1) is 10.4. The second-order valence-corrected chi connectivity index (χ2v) is 4.21. The zero-order valence-electron chi connectivity index (χ0n) is 9.20. The first-order valence-electron chi connectivity index (χ1n) is 5.59. The van der Waals surface area contributed by atoms with E-state index in [4.69, 9.17) is 10.5 Å². The van der Waals surface area contributed by atoms with Gasteiger partial charge in [-0.15, -0.1) is 0 Å². The molecule has 1 heterocycles. The molecule has 1 fully saturated rings. The highest BCUT2D eigenvalue weighted by atomic mass is 16.5. The van der Waals surface area contributed by atoms with Gasteiger partial charge in [0, 0.05) is 12.2 Å². The molecule has 0 amide bonds. The molecule has 1 aliphatic carbocycles. The molecule has 2 N–H and O–H groups in total. The fraction of sp³-hybridized carbons (Fsp3) is 0.583. The Kier molecular flexibility index (Phi) is 3.21. The Morgan fingerprint density at radius 1 is 1.47 bits per heavy atom. The van der Waals surface area contributed by atoms with Crippen molar-refractivity contribution in [1.82, 2.24) is 4.98 Å². The summed E-state index contributed by atoms with van der Waals surface area (Å²) in [6.07, 6.45) is 3.96. The summed E-state index contributed by atoms with van der Waals surface area (Å²) in [4.78, 5) is 4.36. The molecule has 0 unspecified atom stereocenters. The van der Waals surface area contributed by atoms with E-state index < -0.39 is 0 Å². The third kappa shape index (κ3) is 2.48. The molecule has 0 aromatic carbocycles. The van der Waals surface area contributed by atoms with E-state index in [1.54, 1.807) is 0 Å². The average molecular weight is 206 g/mol. The van der Waals surface area contributed by atoms with Crippen molar-refractivity contribution in [2.24, 2.45) is 11.7 Å². The summed E-state index contributed by atoms with van der Waals surface area (Å²) in [6.45, 7) is 3.23. The van der Waals surface area contributed by atoms with E-state index in [1.807, 2.05) is 19.1 Å². The average Bonchev–Trinajstić information content (AvgIpc) is 2.17. The maximum Gasteiger partial charge on any atom is 0.142 e. The number of ether oxygens (including phenoxy) is 1. The molecule has 3 heteroatoms. The highest BCUT2D eigenvalue weighted by Crippen LogP contribution is 2.27. The molecule has 3 nitrogen and oxygen atoms in total. The van der Waals surface area contributed by atoms with Crippen molar-refractivity contribution in [2.75, 3.05) is 6.61 Å². The standard InChI is InChI=1S/C12H18N2O/c1-9-5-6-12(11(7-13)14-9)15-8-10-3-2-4-10/h5-6,10H,2-4,7-8,13H2,1H3. The Balaban J connectivity index is 1.99. The second kappa shape index (κ2) is 4.62. The lowest BCUT2D eigenvalue weighted by Crippen LogP contribution is -2.20. The highest BCUT2D eigenvalue weighted by molar-refractivity contribution is 5.29. The molecule has 2 rings (SSSR count). The number of aromatic nitrogens is 1. The fourth-order valence-electron chi connectivity index (χ4n) is 1.74. The molecule has 1 aliphatic rings. The van der Waals surface area contributed by atoms with Crippen molar-refractivity contribution in [3.8, 4) is 5.75 Å². The number of aryl methyl sites for hydroxylation is 1. The summed E-state index contributed by atoms with van der Waals surface area (Å²) < 4.78 is 5.74. The van der Waals surface area contributed by atoms with Gasteiger partial charge in [0.05, 0.1) is 12.3 Å². The minimum Gasteiger partial charge on any atom is -0.491 e. The van der Waals surface area contributed by atoms with Crippen LogP contribution in [0, 0.1) is 12.8 Å². The third-order valence-electron chi connectivity index (χ3n) is 2.96. The summed E-state index contributed by atoms with van der Waals surface area (Å²) in [5.41, 5.74) is 7.49. The number of pyridine rings is 1. The summed E-state index contributed by atoms with van der Waals surface area (Å²) in [6, 6.07) is 3.94. The van der Waals surface area contributed by atoms with Crippen molar-refractivity contribution in [2.45, 2.75) is 32.7 Å². The number of nitrogens with zero attached hydrogens (tertiary/aromatic N) is 1. The number of hydrogen-bond donors (Lipinski definition) is 1. The van der Waals surface area contributed by atoms with Crippen LogP contribution in [-0.2, 0) is 6.54 Å². The molecule has 15 heavy (non-hydrogen) atoms. The lowest BCUT2D eigenvalue weighted by molar-refractivity contribution is 0.179. The second-order valence-electron chi connectivity index (χ2n) is 4.21. The third-order valence-corrected chi connectivity index (χ3v) is 2.96.